The van der Waals surface area contributed by atoms with Crippen molar-refractivity contribution in [3.8, 4) is 11.3 Å². The van der Waals surface area contributed by atoms with Gasteiger partial charge in [-0.2, -0.15) is 0 Å². The van der Waals surface area contributed by atoms with Crippen molar-refractivity contribution in [3.63, 3.8) is 0 Å². The van der Waals surface area contributed by atoms with E-state index in [1.165, 1.54) is 11.3 Å². The number of hydrogen-bond acceptors (Lipinski definition) is 7. The highest BCUT2D eigenvalue weighted by Gasteiger charge is 2.33. The third kappa shape index (κ3) is 5.20. The summed E-state index contributed by atoms with van der Waals surface area (Å²) in [5.74, 6) is 0.537. The van der Waals surface area contributed by atoms with Crippen molar-refractivity contribution in [2.45, 2.75) is 19.9 Å². The topological polar surface area (TPSA) is 77.0 Å². The van der Waals surface area contributed by atoms with Crippen molar-refractivity contribution >= 4 is 52.3 Å². The Labute approximate surface area is 238 Å². The summed E-state index contributed by atoms with van der Waals surface area (Å²) in [4.78, 5) is 34.0. The van der Waals surface area contributed by atoms with Crippen LogP contribution in [0.3, 0.4) is 0 Å². The molecular weight excluding hydrogens is 557 g/mol. The molecule has 0 bridgehead atoms. The third-order valence-electron chi connectivity index (χ3n) is 6.34. The SMILES string of the molecule is CCOC(=O)C1=C(C)N=c2s/c(=C/c3ccc(-c4ccc(Cl)cc4Cl)o3)c(=O)n2C1c1ccc(N(C)C)cc1. The maximum Gasteiger partial charge on any atom is 0.338 e. The summed E-state index contributed by atoms with van der Waals surface area (Å²) < 4.78 is 13.3. The number of nitrogens with zero attached hydrogens (tertiary/aromatic N) is 3. The fraction of sp³-hybridized carbons (Fsp3) is 0.207. The van der Waals surface area contributed by atoms with Crippen LogP contribution in [0.4, 0.5) is 5.69 Å². The monoisotopic (exact) mass is 581 g/mol. The summed E-state index contributed by atoms with van der Waals surface area (Å²) in [6.45, 7) is 3.72. The van der Waals surface area contributed by atoms with Crippen LogP contribution in [0.5, 0.6) is 0 Å². The predicted octanol–water partition coefficient (Wildman–Crippen LogP) is 5.43. The molecule has 5 rings (SSSR count). The van der Waals surface area contributed by atoms with Crippen LogP contribution in [0.2, 0.25) is 10.0 Å². The van der Waals surface area contributed by atoms with E-state index in [-0.39, 0.29) is 12.2 Å². The maximum atomic E-state index is 13.8. The molecule has 0 saturated heterocycles. The number of carbonyl (C=O) groups is 1. The average Bonchev–Trinajstić information content (AvgIpc) is 3.47. The van der Waals surface area contributed by atoms with Gasteiger partial charge < -0.3 is 14.1 Å². The standard InChI is InChI=1S/C29H25Cl2N3O4S/c1-5-37-28(36)25-16(2)32-29-34(26(25)17-6-9-19(10-7-17)33(3)4)27(35)24(39-29)15-20-11-13-23(38-20)21-12-8-18(30)14-22(21)31/h6-15,26H,5H2,1-4H3/b24-15+. The molecule has 2 aromatic carbocycles. The molecule has 0 amide bonds. The van der Waals surface area contributed by atoms with Gasteiger partial charge in [-0.05, 0) is 61.9 Å². The number of rotatable bonds is 6. The molecule has 200 valence electrons. The maximum absolute atomic E-state index is 13.8. The first-order chi connectivity index (χ1) is 18.7. The average molecular weight is 583 g/mol. The van der Waals surface area contributed by atoms with Crippen LogP contribution >= 0.6 is 34.5 Å². The smallest absolute Gasteiger partial charge is 0.338 e. The number of anilines is 1. The zero-order valence-corrected chi connectivity index (χ0v) is 24.0. The Morgan fingerprint density at radius 1 is 1.15 bits per heavy atom. The van der Waals surface area contributed by atoms with Crippen molar-refractivity contribution in [1.82, 2.24) is 4.57 Å². The van der Waals surface area contributed by atoms with Crippen LogP contribution in [0, 0.1) is 0 Å². The molecule has 10 heteroatoms. The second-order valence-electron chi connectivity index (χ2n) is 9.11. The Bertz CT molecular complexity index is 1780. The molecule has 0 radical (unpaired) electrons. The van der Waals surface area contributed by atoms with E-state index in [0.29, 0.717) is 47.7 Å². The number of aromatic nitrogens is 1. The van der Waals surface area contributed by atoms with Gasteiger partial charge in [-0.3, -0.25) is 9.36 Å². The predicted molar refractivity (Wildman–Crippen MR) is 155 cm³/mol. The number of halogens is 2. The second-order valence-corrected chi connectivity index (χ2v) is 11.0. The van der Waals surface area contributed by atoms with Gasteiger partial charge >= 0.3 is 5.97 Å². The molecule has 4 aromatic rings. The summed E-state index contributed by atoms with van der Waals surface area (Å²) in [5, 5.41) is 0.991. The first-order valence-corrected chi connectivity index (χ1v) is 13.8. The van der Waals surface area contributed by atoms with Crippen LogP contribution in [0.1, 0.15) is 31.2 Å². The fourth-order valence-electron chi connectivity index (χ4n) is 4.46. The highest BCUT2D eigenvalue weighted by Crippen LogP contribution is 2.33. The van der Waals surface area contributed by atoms with Gasteiger partial charge in [-0.25, -0.2) is 9.79 Å². The molecule has 1 unspecified atom stereocenters. The molecule has 39 heavy (non-hydrogen) atoms. The van der Waals surface area contributed by atoms with E-state index in [1.807, 2.05) is 43.3 Å². The van der Waals surface area contributed by atoms with E-state index >= 15 is 0 Å². The van der Waals surface area contributed by atoms with Crippen molar-refractivity contribution < 1.29 is 13.9 Å². The van der Waals surface area contributed by atoms with E-state index in [1.54, 1.807) is 54.8 Å². The third-order valence-corrected chi connectivity index (χ3v) is 7.87. The molecule has 0 saturated carbocycles. The number of ether oxygens (including phenoxy) is 1. The van der Waals surface area contributed by atoms with Gasteiger partial charge in [0.1, 0.15) is 11.5 Å². The van der Waals surface area contributed by atoms with Crippen molar-refractivity contribution in [2.24, 2.45) is 4.99 Å². The van der Waals surface area contributed by atoms with Gasteiger partial charge in [0.05, 0.1) is 33.5 Å². The molecule has 0 spiro atoms. The molecular formula is C29H25Cl2N3O4S. The minimum Gasteiger partial charge on any atom is -0.463 e. The molecule has 1 atom stereocenters. The lowest BCUT2D eigenvalue weighted by molar-refractivity contribution is -0.139. The molecule has 0 fully saturated rings. The molecule has 7 nitrogen and oxygen atoms in total. The van der Waals surface area contributed by atoms with Crippen molar-refractivity contribution in [1.29, 1.82) is 0 Å². The normalized spacial score (nSPS) is 15.2. The van der Waals surface area contributed by atoms with Crippen LogP contribution in [-0.4, -0.2) is 31.2 Å². The van der Waals surface area contributed by atoms with E-state index in [0.717, 1.165) is 11.3 Å². The highest BCUT2D eigenvalue weighted by molar-refractivity contribution is 7.07. The van der Waals surface area contributed by atoms with Crippen LogP contribution in [0.25, 0.3) is 17.4 Å². The van der Waals surface area contributed by atoms with Gasteiger partial charge in [-0.15, -0.1) is 0 Å². The van der Waals surface area contributed by atoms with Gasteiger partial charge in [0.2, 0.25) is 0 Å². The van der Waals surface area contributed by atoms with Crippen LogP contribution in [-0.2, 0) is 9.53 Å². The van der Waals surface area contributed by atoms with Crippen LogP contribution in [0.15, 0.2) is 80.1 Å². The van der Waals surface area contributed by atoms with Gasteiger partial charge in [0, 0.05) is 36.4 Å². The zero-order valence-electron chi connectivity index (χ0n) is 21.7. The van der Waals surface area contributed by atoms with Gasteiger partial charge in [0.25, 0.3) is 5.56 Å². The number of benzene rings is 2. The number of carbonyl (C=O) groups excluding carboxylic acids is 1. The molecule has 0 N–H and O–H groups in total. The molecule has 3 heterocycles. The Kier molecular flexibility index (Phi) is 7.53. The van der Waals surface area contributed by atoms with Crippen LogP contribution < -0.4 is 19.8 Å². The van der Waals surface area contributed by atoms with E-state index in [9.17, 15) is 9.59 Å². The lowest BCUT2D eigenvalue weighted by Crippen LogP contribution is -2.39. The second kappa shape index (κ2) is 10.9. The van der Waals surface area contributed by atoms with E-state index in [4.69, 9.17) is 32.4 Å². The molecule has 0 aliphatic carbocycles. The lowest BCUT2D eigenvalue weighted by atomic mass is 9.95. The Morgan fingerprint density at radius 3 is 2.56 bits per heavy atom. The highest BCUT2D eigenvalue weighted by atomic mass is 35.5. The number of furan rings is 1. The summed E-state index contributed by atoms with van der Waals surface area (Å²) in [6, 6.07) is 15.8. The lowest BCUT2D eigenvalue weighted by Gasteiger charge is -2.25. The first kappa shape index (κ1) is 27.0. The Morgan fingerprint density at radius 2 is 1.90 bits per heavy atom. The fourth-order valence-corrected chi connectivity index (χ4v) is 5.98. The van der Waals surface area contributed by atoms with E-state index in [2.05, 4.69) is 4.99 Å². The molecule has 2 aromatic heterocycles. The number of esters is 1. The largest absolute Gasteiger partial charge is 0.463 e. The first-order valence-electron chi connectivity index (χ1n) is 12.2. The molecule has 1 aliphatic rings. The minimum absolute atomic E-state index is 0.213. The summed E-state index contributed by atoms with van der Waals surface area (Å²) in [5.41, 5.74) is 3.05. The van der Waals surface area contributed by atoms with E-state index < -0.39 is 12.0 Å². The summed E-state index contributed by atoms with van der Waals surface area (Å²) >= 11 is 13.6. The molecule has 1 aliphatic heterocycles. The van der Waals surface area contributed by atoms with Crippen molar-refractivity contribution in [3.05, 3.63) is 107 Å². The summed E-state index contributed by atoms with van der Waals surface area (Å²) in [6.07, 6.45) is 1.67. The number of fused-ring (bicyclic) bond motifs is 1. The number of hydrogen-bond donors (Lipinski definition) is 0. The van der Waals surface area contributed by atoms with Crippen molar-refractivity contribution in [2.75, 3.05) is 25.6 Å². The van der Waals surface area contributed by atoms with Gasteiger partial charge in [-0.1, -0.05) is 46.7 Å². The van der Waals surface area contributed by atoms with Gasteiger partial charge in [0.15, 0.2) is 4.80 Å². The number of thiazole rings is 1. The quantitative estimate of drug-likeness (QED) is 0.284. The Hall–Kier alpha value is -3.59. The minimum atomic E-state index is -0.682. The zero-order chi connectivity index (χ0) is 27.8. The summed E-state index contributed by atoms with van der Waals surface area (Å²) in [7, 11) is 3.90. The number of allylic oxidation sites excluding steroid dienone is 1. The Balaban J connectivity index is 1.63.